The Bertz CT molecular complexity index is 124. The Morgan fingerprint density at radius 1 is 1.89 bits per heavy atom. The lowest BCUT2D eigenvalue weighted by Crippen LogP contribution is -1.86. The molecule has 0 bridgehead atoms. The largest absolute Gasteiger partial charge is 0.525 e. The molecular weight excluding hydrogens is 158 g/mol. The molecule has 0 aliphatic carbocycles. The van der Waals surface area contributed by atoms with Gasteiger partial charge in [0.2, 0.25) is 0 Å². The van der Waals surface area contributed by atoms with Crippen molar-refractivity contribution in [2.45, 2.75) is 18.5 Å². The molecule has 0 saturated heterocycles. The average Bonchev–Trinajstić information content (AvgIpc) is 1.82. The van der Waals surface area contributed by atoms with E-state index in [0.717, 1.165) is 0 Å². The molecule has 0 aromatic carbocycles. The van der Waals surface area contributed by atoms with E-state index in [9.17, 15) is 4.57 Å². The van der Waals surface area contributed by atoms with Gasteiger partial charge in [0, 0.05) is 6.42 Å². The Balaban J connectivity index is 3.50. The molecule has 0 aliphatic heterocycles. The molecule has 0 rings (SSSR count). The van der Waals surface area contributed by atoms with Gasteiger partial charge < -0.3 is 0 Å². The minimum atomic E-state index is -2.21. The third kappa shape index (κ3) is 4.58. The van der Waals surface area contributed by atoms with Crippen molar-refractivity contribution < 1.29 is 9.46 Å². The summed E-state index contributed by atoms with van der Waals surface area (Å²) in [6.45, 7) is 1.84. The summed E-state index contributed by atoms with van der Waals surface area (Å²) in [7, 11) is -2.21. The van der Waals surface area contributed by atoms with Gasteiger partial charge in [-0.05, 0) is 11.5 Å². The maximum absolute atomic E-state index is 10.2. The summed E-state index contributed by atoms with van der Waals surface area (Å²) in [5.74, 6) is 0. The molecule has 0 heterocycles. The number of halogens is 1. The summed E-state index contributed by atoms with van der Waals surface area (Å²) in [5, 5.41) is -0.629. The molecule has 1 N–H and O–H groups in total. The van der Waals surface area contributed by atoms with Gasteiger partial charge in [0.05, 0.1) is 0 Å². The van der Waals surface area contributed by atoms with Crippen LogP contribution in [0.5, 0.6) is 0 Å². The molecule has 0 aliphatic rings. The van der Waals surface area contributed by atoms with E-state index in [1.807, 2.05) is 6.92 Å². The standard InChI is InChI=1S/C5H8ClO2P/c1-2-3-4-5(6)9(7)8/h2-3,5H,4H2,1H3/p+1/b3-2+. The maximum Gasteiger partial charge on any atom is 0.525 e. The third-order valence-corrected chi connectivity index (χ3v) is 2.18. The normalized spacial score (nSPS) is 16.1. The highest BCUT2D eigenvalue weighted by Crippen LogP contribution is 2.28. The van der Waals surface area contributed by atoms with Crippen LogP contribution in [0.4, 0.5) is 0 Å². The summed E-state index contributed by atoms with van der Waals surface area (Å²) in [6.07, 6.45) is 4.03. The molecule has 2 unspecified atom stereocenters. The van der Waals surface area contributed by atoms with Crippen LogP contribution in [0.3, 0.4) is 0 Å². The van der Waals surface area contributed by atoms with Crippen molar-refractivity contribution in [3.8, 4) is 0 Å². The molecule has 52 valence electrons. The van der Waals surface area contributed by atoms with E-state index < -0.39 is 13.1 Å². The molecular formula is C5H9ClO2P+. The van der Waals surface area contributed by atoms with Crippen molar-refractivity contribution in [3.05, 3.63) is 12.2 Å². The minimum absolute atomic E-state index is 0.462. The molecule has 0 saturated carbocycles. The van der Waals surface area contributed by atoms with Crippen LogP contribution in [-0.2, 0) is 4.57 Å². The predicted octanol–water partition coefficient (Wildman–Crippen LogP) is 2.25. The summed E-state index contributed by atoms with van der Waals surface area (Å²) >= 11 is 5.41. The topological polar surface area (TPSA) is 37.3 Å². The lowest BCUT2D eigenvalue weighted by Gasteiger charge is -1.85. The van der Waals surface area contributed by atoms with Gasteiger partial charge in [-0.15, -0.1) is 0 Å². The molecule has 0 aromatic heterocycles. The van der Waals surface area contributed by atoms with Gasteiger partial charge in [0.1, 0.15) is 0 Å². The van der Waals surface area contributed by atoms with Crippen molar-refractivity contribution >= 4 is 19.6 Å². The fourth-order valence-electron chi connectivity index (χ4n) is 0.339. The molecule has 0 radical (unpaired) electrons. The van der Waals surface area contributed by atoms with Crippen molar-refractivity contribution in [2.24, 2.45) is 0 Å². The fraction of sp³-hybridized carbons (Fsp3) is 0.600. The van der Waals surface area contributed by atoms with Crippen LogP contribution < -0.4 is 0 Å². The Kier molecular flexibility index (Phi) is 4.97. The Hall–Kier alpha value is 0.0900. The van der Waals surface area contributed by atoms with E-state index >= 15 is 0 Å². The van der Waals surface area contributed by atoms with Gasteiger partial charge in [0.25, 0.3) is 5.12 Å². The van der Waals surface area contributed by atoms with Gasteiger partial charge in [-0.2, -0.15) is 4.89 Å². The second-order valence-electron chi connectivity index (χ2n) is 1.54. The van der Waals surface area contributed by atoms with Crippen LogP contribution in [0.2, 0.25) is 0 Å². The first-order valence-corrected chi connectivity index (χ1v) is 4.30. The molecule has 0 fully saturated rings. The fourth-order valence-corrected chi connectivity index (χ4v) is 0.743. The molecule has 2 atom stereocenters. The molecule has 9 heavy (non-hydrogen) atoms. The second kappa shape index (κ2) is 4.92. The first-order chi connectivity index (χ1) is 4.18. The van der Waals surface area contributed by atoms with Gasteiger partial charge in [-0.25, -0.2) is 0 Å². The van der Waals surface area contributed by atoms with Gasteiger partial charge in [0.15, 0.2) is 0 Å². The highest BCUT2D eigenvalue weighted by atomic mass is 35.5. The van der Waals surface area contributed by atoms with E-state index in [1.54, 1.807) is 12.2 Å². The zero-order valence-electron chi connectivity index (χ0n) is 5.12. The average molecular weight is 168 g/mol. The van der Waals surface area contributed by atoms with Crippen molar-refractivity contribution in [2.75, 3.05) is 0 Å². The lowest BCUT2D eigenvalue weighted by atomic mass is 10.4. The number of hydrogen-bond donors (Lipinski definition) is 1. The number of allylic oxidation sites excluding steroid dienone is 2. The molecule has 0 amide bonds. The van der Waals surface area contributed by atoms with Crippen LogP contribution in [0.15, 0.2) is 12.2 Å². The predicted molar refractivity (Wildman–Crippen MR) is 38.9 cm³/mol. The Morgan fingerprint density at radius 3 is 2.78 bits per heavy atom. The van der Waals surface area contributed by atoms with Gasteiger partial charge in [-0.3, -0.25) is 0 Å². The number of alkyl halides is 1. The van der Waals surface area contributed by atoms with E-state index in [4.69, 9.17) is 16.5 Å². The highest BCUT2D eigenvalue weighted by molar-refractivity contribution is 7.41. The zero-order valence-corrected chi connectivity index (χ0v) is 6.77. The smallest absolute Gasteiger partial charge is 0.160 e. The quantitative estimate of drug-likeness (QED) is 0.398. The first kappa shape index (κ1) is 9.09. The number of hydrogen-bond acceptors (Lipinski definition) is 1. The lowest BCUT2D eigenvalue weighted by molar-refractivity contribution is 0.499. The van der Waals surface area contributed by atoms with E-state index in [2.05, 4.69) is 0 Å². The van der Waals surface area contributed by atoms with Crippen molar-refractivity contribution in [1.29, 1.82) is 0 Å². The highest BCUT2D eigenvalue weighted by Gasteiger charge is 2.23. The van der Waals surface area contributed by atoms with Gasteiger partial charge >= 0.3 is 8.03 Å². The monoisotopic (exact) mass is 167 g/mol. The molecule has 2 nitrogen and oxygen atoms in total. The van der Waals surface area contributed by atoms with Gasteiger partial charge in [-0.1, -0.05) is 23.8 Å². The second-order valence-corrected chi connectivity index (χ2v) is 3.60. The van der Waals surface area contributed by atoms with E-state index in [0.29, 0.717) is 6.42 Å². The van der Waals surface area contributed by atoms with Crippen LogP contribution in [0.1, 0.15) is 13.3 Å². The van der Waals surface area contributed by atoms with Crippen molar-refractivity contribution in [1.82, 2.24) is 0 Å². The SMILES string of the molecule is C/C=C/CC(Cl)[P+](=O)O. The molecule has 0 spiro atoms. The van der Waals surface area contributed by atoms with Crippen LogP contribution in [-0.4, -0.2) is 10.0 Å². The Labute approximate surface area is 60.4 Å². The molecule has 4 heteroatoms. The van der Waals surface area contributed by atoms with Crippen LogP contribution >= 0.6 is 19.6 Å². The minimum Gasteiger partial charge on any atom is -0.160 e. The summed E-state index contributed by atoms with van der Waals surface area (Å²) < 4.78 is 10.2. The van der Waals surface area contributed by atoms with Crippen LogP contribution in [0, 0.1) is 0 Å². The number of rotatable bonds is 3. The zero-order chi connectivity index (χ0) is 7.28. The van der Waals surface area contributed by atoms with E-state index in [-0.39, 0.29) is 0 Å². The summed E-state index contributed by atoms with van der Waals surface area (Å²) in [5.41, 5.74) is 0. The summed E-state index contributed by atoms with van der Waals surface area (Å²) in [4.78, 5) is 8.39. The third-order valence-electron chi connectivity index (χ3n) is 0.806. The molecule has 0 aromatic rings. The van der Waals surface area contributed by atoms with E-state index in [1.165, 1.54) is 0 Å². The van der Waals surface area contributed by atoms with Crippen molar-refractivity contribution in [3.63, 3.8) is 0 Å². The first-order valence-electron chi connectivity index (χ1n) is 2.59. The Morgan fingerprint density at radius 2 is 2.44 bits per heavy atom. The maximum atomic E-state index is 10.2. The summed E-state index contributed by atoms with van der Waals surface area (Å²) in [6, 6.07) is 0. The van der Waals surface area contributed by atoms with Crippen LogP contribution in [0.25, 0.3) is 0 Å².